The molecule has 1 aliphatic rings. The highest BCUT2D eigenvalue weighted by molar-refractivity contribution is 7.99. The molecule has 0 spiro atoms. The van der Waals surface area contributed by atoms with Crippen LogP contribution in [0.2, 0.25) is 0 Å². The van der Waals surface area contributed by atoms with Crippen molar-refractivity contribution < 1.29 is 0 Å². The van der Waals surface area contributed by atoms with E-state index in [-0.39, 0.29) is 0 Å². The van der Waals surface area contributed by atoms with Crippen molar-refractivity contribution in [3.05, 3.63) is 29.6 Å². The summed E-state index contributed by atoms with van der Waals surface area (Å²) in [4.78, 5) is 7.20. The molecule has 0 amide bonds. The summed E-state index contributed by atoms with van der Waals surface area (Å²) in [7, 11) is 0. The lowest BCUT2D eigenvalue weighted by Crippen LogP contribution is -2.35. The molecule has 0 N–H and O–H groups in total. The average molecular weight is 310 g/mol. The van der Waals surface area contributed by atoms with Gasteiger partial charge in [0, 0.05) is 37.7 Å². The van der Waals surface area contributed by atoms with Gasteiger partial charge in [0.1, 0.15) is 5.82 Å². The Bertz CT molecular complexity index is 590. The number of rotatable bonds is 4. The van der Waals surface area contributed by atoms with Gasteiger partial charge in [0.15, 0.2) is 0 Å². The van der Waals surface area contributed by atoms with E-state index < -0.39 is 0 Å². The second-order valence-corrected chi connectivity index (χ2v) is 6.70. The summed E-state index contributed by atoms with van der Waals surface area (Å²) in [6.45, 7) is 6.62. The SMILES string of the molecule is Cc1cccc2nc(CCl)n(CCN3CCSCC3)c12. The van der Waals surface area contributed by atoms with Crippen LogP contribution in [0.15, 0.2) is 18.2 Å². The molecule has 108 valence electrons. The van der Waals surface area contributed by atoms with Gasteiger partial charge in [0.25, 0.3) is 0 Å². The van der Waals surface area contributed by atoms with E-state index in [2.05, 4.69) is 51.3 Å². The largest absolute Gasteiger partial charge is 0.325 e. The first-order valence-electron chi connectivity index (χ1n) is 7.10. The monoisotopic (exact) mass is 309 g/mol. The van der Waals surface area contributed by atoms with Gasteiger partial charge in [-0.15, -0.1) is 11.6 Å². The van der Waals surface area contributed by atoms with Gasteiger partial charge in [-0.2, -0.15) is 11.8 Å². The summed E-state index contributed by atoms with van der Waals surface area (Å²) in [5.41, 5.74) is 3.59. The van der Waals surface area contributed by atoms with E-state index in [4.69, 9.17) is 11.6 Å². The summed E-state index contributed by atoms with van der Waals surface area (Å²) in [5.74, 6) is 3.98. The van der Waals surface area contributed by atoms with E-state index in [0.29, 0.717) is 5.88 Å². The average Bonchev–Trinajstić information content (AvgIpc) is 2.85. The first kappa shape index (κ1) is 14.2. The molecular formula is C15H20ClN3S. The Labute approximate surface area is 129 Å². The maximum Gasteiger partial charge on any atom is 0.124 e. The molecule has 0 atom stereocenters. The number of para-hydroxylation sites is 1. The fourth-order valence-electron chi connectivity index (χ4n) is 2.82. The summed E-state index contributed by atoms with van der Waals surface area (Å²) in [6.07, 6.45) is 0. The number of halogens is 1. The molecule has 0 bridgehead atoms. The molecule has 2 heterocycles. The lowest BCUT2D eigenvalue weighted by Gasteiger charge is -2.26. The molecule has 2 aromatic rings. The van der Waals surface area contributed by atoms with Crippen LogP contribution in [0.4, 0.5) is 0 Å². The normalized spacial score (nSPS) is 16.9. The molecule has 3 nitrogen and oxygen atoms in total. The lowest BCUT2D eigenvalue weighted by molar-refractivity contribution is 0.290. The second kappa shape index (κ2) is 6.37. The Hall–Kier alpha value is -0.710. The van der Waals surface area contributed by atoms with Gasteiger partial charge in [-0.3, -0.25) is 4.90 Å². The molecule has 0 saturated carbocycles. The zero-order valence-electron chi connectivity index (χ0n) is 11.8. The number of nitrogens with zero attached hydrogens (tertiary/aromatic N) is 3. The highest BCUT2D eigenvalue weighted by atomic mass is 35.5. The van der Waals surface area contributed by atoms with Crippen molar-refractivity contribution in [2.75, 3.05) is 31.1 Å². The number of aromatic nitrogens is 2. The molecule has 20 heavy (non-hydrogen) atoms. The van der Waals surface area contributed by atoms with Crippen LogP contribution in [0.3, 0.4) is 0 Å². The fraction of sp³-hybridized carbons (Fsp3) is 0.533. The van der Waals surface area contributed by atoms with Crippen LogP contribution in [-0.4, -0.2) is 45.6 Å². The molecule has 0 aliphatic carbocycles. The van der Waals surface area contributed by atoms with Gasteiger partial charge in [0.05, 0.1) is 16.9 Å². The van der Waals surface area contributed by atoms with E-state index in [1.165, 1.54) is 35.7 Å². The number of benzene rings is 1. The van der Waals surface area contributed by atoms with Gasteiger partial charge in [-0.05, 0) is 18.6 Å². The smallest absolute Gasteiger partial charge is 0.124 e. The fourth-order valence-corrected chi connectivity index (χ4v) is 4.01. The Balaban J connectivity index is 1.85. The zero-order chi connectivity index (χ0) is 13.9. The third-order valence-corrected chi connectivity index (χ3v) is 5.09. The summed E-state index contributed by atoms with van der Waals surface area (Å²) in [6, 6.07) is 6.29. The first-order valence-corrected chi connectivity index (χ1v) is 8.79. The molecule has 1 aromatic carbocycles. The minimum Gasteiger partial charge on any atom is -0.325 e. The Kier molecular flexibility index (Phi) is 4.54. The van der Waals surface area contributed by atoms with Crippen molar-refractivity contribution in [2.45, 2.75) is 19.3 Å². The number of alkyl halides is 1. The highest BCUT2D eigenvalue weighted by Gasteiger charge is 2.14. The summed E-state index contributed by atoms with van der Waals surface area (Å²) in [5, 5.41) is 0. The van der Waals surface area contributed by atoms with Crippen LogP contribution in [0.1, 0.15) is 11.4 Å². The van der Waals surface area contributed by atoms with Crippen molar-refractivity contribution in [3.8, 4) is 0 Å². The van der Waals surface area contributed by atoms with Gasteiger partial charge in [-0.1, -0.05) is 12.1 Å². The van der Waals surface area contributed by atoms with Crippen molar-refractivity contribution >= 4 is 34.4 Å². The number of imidazole rings is 1. The standard InChI is InChI=1S/C15H20ClN3S/c1-12-3-2-4-13-15(12)19(14(11-16)17-13)6-5-18-7-9-20-10-8-18/h2-4H,5-11H2,1H3. The molecule has 0 unspecified atom stereocenters. The summed E-state index contributed by atoms with van der Waals surface area (Å²) < 4.78 is 2.30. The van der Waals surface area contributed by atoms with Gasteiger partial charge < -0.3 is 4.57 Å². The van der Waals surface area contributed by atoms with Gasteiger partial charge in [0.2, 0.25) is 0 Å². The second-order valence-electron chi connectivity index (χ2n) is 5.21. The first-order chi connectivity index (χ1) is 9.79. The van der Waals surface area contributed by atoms with Crippen LogP contribution in [0, 0.1) is 6.92 Å². The molecular weight excluding hydrogens is 290 g/mol. The van der Waals surface area contributed by atoms with E-state index in [0.717, 1.165) is 24.4 Å². The van der Waals surface area contributed by atoms with Gasteiger partial charge in [-0.25, -0.2) is 4.98 Å². The number of hydrogen-bond donors (Lipinski definition) is 0. The van der Waals surface area contributed by atoms with Crippen molar-refractivity contribution in [1.29, 1.82) is 0 Å². The Morgan fingerprint density at radius 1 is 1.25 bits per heavy atom. The number of thioether (sulfide) groups is 1. The van der Waals surface area contributed by atoms with E-state index >= 15 is 0 Å². The van der Waals surface area contributed by atoms with Crippen molar-refractivity contribution in [2.24, 2.45) is 0 Å². The van der Waals surface area contributed by atoms with E-state index in [9.17, 15) is 0 Å². The quantitative estimate of drug-likeness (QED) is 0.810. The van der Waals surface area contributed by atoms with E-state index in [1.807, 2.05) is 0 Å². The van der Waals surface area contributed by atoms with Crippen molar-refractivity contribution in [1.82, 2.24) is 14.5 Å². The highest BCUT2D eigenvalue weighted by Crippen LogP contribution is 2.21. The number of fused-ring (bicyclic) bond motifs is 1. The Morgan fingerprint density at radius 2 is 2.05 bits per heavy atom. The molecule has 3 rings (SSSR count). The van der Waals surface area contributed by atoms with Crippen molar-refractivity contribution in [3.63, 3.8) is 0 Å². The van der Waals surface area contributed by atoms with Crippen LogP contribution in [0.25, 0.3) is 11.0 Å². The van der Waals surface area contributed by atoms with Crippen LogP contribution >= 0.6 is 23.4 Å². The molecule has 1 aromatic heterocycles. The molecule has 1 aliphatic heterocycles. The third-order valence-electron chi connectivity index (χ3n) is 3.91. The Morgan fingerprint density at radius 3 is 2.80 bits per heavy atom. The molecule has 0 radical (unpaired) electrons. The van der Waals surface area contributed by atoms with Crippen LogP contribution in [0.5, 0.6) is 0 Å². The molecule has 1 fully saturated rings. The van der Waals surface area contributed by atoms with Crippen LogP contribution < -0.4 is 0 Å². The minimum atomic E-state index is 0.476. The maximum atomic E-state index is 6.08. The van der Waals surface area contributed by atoms with Gasteiger partial charge >= 0.3 is 0 Å². The molecule has 1 saturated heterocycles. The molecule has 5 heteroatoms. The van der Waals surface area contributed by atoms with E-state index in [1.54, 1.807) is 0 Å². The zero-order valence-corrected chi connectivity index (χ0v) is 13.4. The minimum absolute atomic E-state index is 0.476. The van der Waals surface area contributed by atoms with Crippen LogP contribution in [-0.2, 0) is 12.4 Å². The third kappa shape index (κ3) is 2.83. The predicted octanol–water partition coefficient (Wildman–Crippen LogP) is 3.13. The lowest BCUT2D eigenvalue weighted by atomic mass is 10.2. The topological polar surface area (TPSA) is 21.1 Å². The predicted molar refractivity (Wildman–Crippen MR) is 87.8 cm³/mol. The summed E-state index contributed by atoms with van der Waals surface area (Å²) >= 11 is 8.13. The maximum absolute atomic E-state index is 6.08. The number of aryl methyl sites for hydroxylation is 1. The number of hydrogen-bond acceptors (Lipinski definition) is 3.